The van der Waals surface area contributed by atoms with Gasteiger partial charge in [0.15, 0.2) is 0 Å². The van der Waals surface area contributed by atoms with Crippen LogP contribution in [0.1, 0.15) is 47.8 Å². The number of esters is 1. The van der Waals surface area contributed by atoms with E-state index in [1.54, 1.807) is 42.8 Å². The normalized spacial score (nSPS) is 13.6. The number of rotatable bonds is 7. The van der Waals surface area contributed by atoms with Crippen LogP contribution in [0.15, 0.2) is 71.4 Å². The standard InChI is InChI=1S/C32H30FNO4S/c1-19-6-7-22(33)14-29(19)37-17-26-24(9-10-27-30(26)20(2)16-32(3,4)34-27)25-15-23(8-11-28(25)36-5)38-31(35)21-12-13-39-18-21/h6-16,18,34H,17H2,1-5H3. The van der Waals surface area contributed by atoms with Crippen LogP contribution in [0.25, 0.3) is 16.7 Å². The lowest BCUT2D eigenvalue weighted by Gasteiger charge is -2.33. The van der Waals surface area contributed by atoms with E-state index in [9.17, 15) is 9.18 Å². The zero-order valence-electron chi connectivity index (χ0n) is 22.6. The first kappa shape index (κ1) is 26.5. The molecule has 0 unspecified atom stereocenters. The van der Waals surface area contributed by atoms with Crippen molar-refractivity contribution in [3.63, 3.8) is 0 Å². The molecule has 1 N–H and O–H groups in total. The molecule has 0 radical (unpaired) electrons. The molecule has 0 saturated heterocycles. The smallest absolute Gasteiger partial charge is 0.344 e. The molecular formula is C32H30FNO4S. The SMILES string of the molecule is COc1ccc(OC(=O)c2ccsc2)cc1-c1ccc2c(c1COc1cc(F)ccc1C)C(C)=CC(C)(C)N2. The van der Waals surface area contributed by atoms with Crippen LogP contribution in [0.5, 0.6) is 17.2 Å². The van der Waals surface area contributed by atoms with Gasteiger partial charge in [0.05, 0.1) is 18.2 Å². The molecule has 7 heteroatoms. The van der Waals surface area contributed by atoms with Crippen molar-refractivity contribution in [2.45, 2.75) is 39.8 Å². The molecule has 200 valence electrons. The van der Waals surface area contributed by atoms with Crippen LogP contribution in [0, 0.1) is 12.7 Å². The Kier molecular flexibility index (Phi) is 7.19. The number of halogens is 1. The highest BCUT2D eigenvalue weighted by Gasteiger charge is 2.27. The summed E-state index contributed by atoms with van der Waals surface area (Å²) in [6, 6.07) is 15.6. The second-order valence-corrected chi connectivity index (χ2v) is 10.9. The van der Waals surface area contributed by atoms with E-state index in [2.05, 4.69) is 32.2 Å². The van der Waals surface area contributed by atoms with Gasteiger partial charge < -0.3 is 19.5 Å². The van der Waals surface area contributed by atoms with Gasteiger partial charge in [-0.1, -0.05) is 18.2 Å². The molecule has 0 amide bonds. The van der Waals surface area contributed by atoms with Crippen molar-refractivity contribution < 1.29 is 23.4 Å². The van der Waals surface area contributed by atoms with Crippen molar-refractivity contribution in [2.24, 2.45) is 0 Å². The summed E-state index contributed by atoms with van der Waals surface area (Å²) in [6.07, 6.45) is 2.19. The molecular weight excluding hydrogens is 513 g/mol. The lowest BCUT2D eigenvalue weighted by atomic mass is 9.85. The van der Waals surface area contributed by atoms with E-state index >= 15 is 0 Å². The fraction of sp³-hybridized carbons (Fsp3) is 0.219. The number of ether oxygens (including phenoxy) is 3. The average molecular weight is 544 g/mol. The lowest BCUT2D eigenvalue weighted by molar-refractivity contribution is 0.0735. The van der Waals surface area contributed by atoms with Gasteiger partial charge in [0.1, 0.15) is 29.7 Å². The number of hydrogen-bond acceptors (Lipinski definition) is 6. The first-order valence-electron chi connectivity index (χ1n) is 12.6. The van der Waals surface area contributed by atoms with Gasteiger partial charge in [-0.25, -0.2) is 9.18 Å². The van der Waals surface area contributed by atoms with Crippen molar-refractivity contribution in [2.75, 3.05) is 12.4 Å². The van der Waals surface area contributed by atoms with Crippen molar-refractivity contribution in [3.8, 4) is 28.4 Å². The summed E-state index contributed by atoms with van der Waals surface area (Å²) in [4.78, 5) is 12.6. The van der Waals surface area contributed by atoms with Crippen molar-refractivity contribution in [1.29, 1.82) is 0 Å². The number of anilines is 1. The minimum atomic E-state index is -0.423. The number of nitrogens with one attached hydrogen (secondary N) is 1. The second-order valence-electron chi connectivity index (χ2n) is 10.2. The summed E-state index contributed by atoms with van der Waals surface area (Å²) < 4.78 is 31.7. The summed E-state index contributed by atoms with van der Waals surface area (Å²) in [5.41, 5.74) is 6.75. The van der Waals surface area contributed by atoms with Crippen molar-refractivity contribution >= 4 is 28.6 Å². The van der Waals surface area contributed by atoms with E-state index < -0.39 is 5.97 Å². The molecule has 5 nitrogen and oxygen atoms in total. The van der Waals surface area contributed by atoms with Gasteiger partial charge in [-0.3, -0.25) is 0 Å². The van der Waals surface area contributed by atoms with E-state index in [0.29, 0.717) is 22.8 Å². The van der Waals surface area contributed by atoms with Crippen LogP contribution in [0.4, 0.5) is 10.1 Å². The van der Waals surface area contributed by atoms with Crippen LogP contribution in [0.2, 0.25) is 0 Å². The molecule has 5 rings (SSSR count). The summed E-state index contributed by atoms with van der Waals surface area (Å²) in [5, 5.41) is 7.18. The van der Waals surface area contributed by atoms with Gasteiger partial charge >= 0.3 is 5.97 Å². The molecule has 0 spiro atoms. The molecule has 1 aromatic heterocycles. The molecule has 0 bridgehead atoms. The number of fused-ring (bicyclic) bond motifs is 1. The highest BCUT2D eigenvalue weighted by atomic mass is 32.1. The monoisotopic (exact) mass is 543 g/mol. The molecule has 2 heterocycles. The van der Waals surface area contributed by atoms with Crippen LogP contribution in [-0.2, 0) is 6.61 Å². The molecule has 1 aliphatic heterocycles. The van der Waals surface area contributed by atoms with Gasteiger partial charge in [-0.15, -0.1) is 0 Å². The lowest BCUT2D eigenvalue weighted by Crippen LogP contribution is -2.32. The molecule has 0 aliphatic carbocycles. The third-order valence-corrected chi connectivity index (χ3v) is 7.38. The third kappa shape index (κ3) is 5.54. The van der Waals surface area contributed by atoms with Crippen LogP contribution in [0.3, 0.4) is 0 Å². The van der Waals surface area contributed by atoms with E-state index in [1.165, 1.54) is 23.5 Å². The number of carbonyl (C=O) groups excluding carboxylic acids is 1. The Hall–Kier alpha value is -4.10. The third-order valence-electron chi connectivity index (χ3n) is 6.69. The first-order valence-corrected chi connectivity index (χ1v) is 13.5. The molecule has 0 fully saturated rings. The molecule has 4 aromatic rings. The topological polar surface area (TPSA) is 56.8 Å². The molecule has 3 aromatic carbocycles. The van der Waals surface area contributed by atoms with E-state index in [-0.39, 0.29) is 18.0 Å². The van der Waals surface area contributed by atoms with E-state index in [1.807, 2.05) is 24.4 Å². The molecule has 0 saturated carbocycles. The van der Waals surface area contributed by atoms with Crippen LogP contribution < -0.4 is 19.5 Å². The van der Waals surface area contributed by atoms with Crippen molar-refractivity contribution in [3.05, 3.63) is 99.5 Å². The maximum atomic E-state index is 14.0. The molecule has 0 atom stereocenters. The zero-order chi connectivity index (χ0) is 27.7. The fourth-order valence-corrected chi connectivity index (χ4v) is 5.61. The highest BCUT2D eigenvalue weighted by molar-refractivity contribution is 7.08. The van der Waals surface area contributed by atoms with Crippen LogP contribution >= 0.6 is 11.3 Å². The number of hydrogen-bond donors (Lipinski definition) is 1. The highest BCUT2D eigenvalue weighted by Crippen LogP contribution is 2.43. The van der Waals surface area contributed by atoms with E-state index in [4.69, 9.17) is 14.2 Å². The van der Waals surface area contributed by atoms with Gasteiger partial charge in [-0.05, 0) is 86.2 Å². The zero-order valence-corrected chi connectivity index (χ0v) is 23.4. The predicted molar refractivity (Wildman–Crippen MR) is 155 cm³/mol. The molecule has 39 heavy (non-hydrogen) atoms. The number of allylic oxidation sites excluding steroid dienone is 1. The Bertz CT molecular complexity index is 1570. The minimum Gasteiger partial charge on any atom is -0.496 e. The summed E-state index contributed by atoms with van der Waals surface area (Å²) in [7, 11) is 1.61. The summed E-state index contributed by atoms with van der Waals surface area (Å²) >= 11 is 1.44. The Labute approximate surface area is 231 Å². The summed E-state index contributed by atoms with van der Waals surface area (Å²) in [6.45, 7) is 8.40. The Morgan fingerprint density at radius 2 is 1.82 bits per heavy atom. The predicted octanol–water partition coefficient (Wildman–Crippen LogP) is 8.28. The second kappa shape index (κ2) is 10.6. The largest absolute Gasteiger partial charge is 0.496 e. The maximum Gasteiger partial charge on any atom is 0.344 e. The van der Waals surface area contributed by atoms with Gasteiger partial charge in [0, 0.05) is 33.8 Å². The van der Waals surface area contributed by atoms with Crippen LogP contribution in [-0.4, -0.2) is 18.6 Å². The maximum absolute atomic E-state index is 14.0. The summed E-state index contributed by atoms with van der Waals surface area (Å²) in [5.74, 6) is 0.730. The fourth-order valence-electron chi connectivity index (χ4n) is 4.99. The number of methoxy groups -OCH3 is 1. The number of carbonyl (C=O) groups is 1. The average Bonchev–Trinajstić information content (AvgIpc) is 3.43. The number of benzene rings is 3. The number of thiophene rings is 1. The Balaban J connectivity index is 1.62. The van der Waals surface area contributed by atoms with E-state index in [0.717, 1.165) is 39.1 Å². The quantitative estimate of drug-likeness (QED) is 0.188. The van der Waals surface area contributed by atoms with Crippen molar-refractivity contribution in [1.82, 2.24) is 0 Å². The number of aryl methyl sites for hydroxylation is 1. The van der Waals surface area contributed by atoms with Gasteiger partial charge in [-0.2, -0.15) is 11.3 Å². The van der Waals surface area contributed by atoms with Gasteiger partial charge in [0.2, 0.25) is 0 Å². The minimum absolute atomic E-state index is 0.193. The first-order chi connectivity index (χ1) is 18.6. The molecule has 1 aliphatic rings. The Morgan fingerprint density at radius 3 is 2.56 bits per heavy atom. The Morgan fingerprint density at radius 1 is 1.00 bits per heavy atom. The van der Waals surface area contributed by atoms with Gasteiger partial charge in [0.25, 0.3) is 0 Å².